The molecule has 6 nitrogen and oxygen atoms in total. The highest BCUT2D eigenvalue weighted by Gasteiger charge is 2.32. The normalized spacial score (nSPS) is 18.1. The number of carbonyl (C=O) groups excluding carboxylic acids is 2. The van der Waals surface area contributed by atoms with Gasteiger partial charge in [-0.3, -0.25) is 9.59 Å². The van der Waals surface area contributed by atoms with Gasteiger partial charge in [-0.2, -0.15) is 5.10 Å². The largest absolute Gasteiger partial charge is 0.326 e. The molecule has 1 unspecified atom stereocenters. The number of benzene rings is 2. The van der Waals surface area contributed by atoms with E-state index in [0.29, 0.717) is 26.5 Å². The van der Waals surface area contributed by atoms with Gasteiger partial charge < -0.3 is 10.6 Å². The minimum absolute atomic E-state index is 0.0360. The van der Waals surface area contributed by atoms with Crippen molar-refractivity contribution < 1.29 is 9.59 Å². The number of hydrogen-bond donors (Lipinski definition) is 2. The fourth-order valence-electron chi connectivity index (χ4n) is 2.25. The predicted molar refractivity (Wildman–Crippen MR) is 111 cm³/mol. The molecule has 0 bridgehead atoms. The zero-order valence-electron chi connectivity index (χ0n) is 13.9. The highest BCUT2D eigenvalue weighted by Crippen LogP contribution is 2.25. The predicted octanol–water partition coefficient (Wildman–Crippen LogP) is 3.94. The van der Waals surface area contributed by atoms with Gasteiger partial charge >= 0.3 is 0 Å². The van der Waals surface area contributed by atoms with Gasteiger partial charge in [0.15, 0.2) is 5.17 Å². The van der Waals surface area contributed by atoms with Crippen LogP contribution in [-0.2, 0) is 9.59 Å². The van der Waals surface area contributed by atoms with E-state index in [1.54, 1.807) is 30.3 Å². The van der Waals surface area contributed by atoms with E-state index in [-0.39, 0.29) is 18.2 Å². The second-order valence-corrected chi connectivity index (χ2v) is 7.48. The lowest BCUT2D eigenvalue weighted by Crippen LogP contribution is -2.28. The summed E-state index contributed by atoms with van der Waals surface area (Å²) in [6, 6.07) is 14.2. The molecule has 1 fully saturated rings. The van der Waals surface area contributed by atoms with Crippen LogP contribution >= 0.6 is 35.0 Å². The number of amidine groups is 1. The van der Waals surface area contributed by atoms with Crippen LogP contribution in [0.4, 0.5) is 5.69 Å². The van der Waals surface area contributed by atoms with Crippen molar-refractivity contribution in [3.8, 4) is 0 Å². The van der Waals surface area contributed by atoms with Crippen LogP contribution in [0.2, 0.25) is 10.0 Å². The first-order valence-electron chi connectivity index (χ1n) is 7.90. The van der Waals surface area contributed by atoms with Crippen LogP contribution in [0.5, 0.6) is 0 Å². The Bertz CT molecular complexity index is 919. The molecule has 2 amide bonds. The van der Waals surface area contributed by atoms with Gasteiger partial charge in [0, 0.05) is 17.7 Å². The highest BCUT2D eigenvalue weighted by molar-refractivity contribution is 8.15. The topological polar surface area (TPSA) is 82.9 Å². The Hall–Kier alpha value is -2.35. The third-order valence-corrected chi connectivity index (χ3v) is 5.44. The van der Waals surface area contributed by atoms with Crippen LogP contribution in [0.1, 0.15) is 12.0 Å². The molecule has 1 aliphatic rings. The molecule has 0 radical (unpaired) electrons. The first-order chi connectivity index (χ1) is 13.0. The van der Waals surface area contributed by atoms with Gasteiger partial charge in [0.2, 0.25) is 11.8 Å². The summed E-state index contributed by atoms with van der Waals surface area (Å²) >= 11 is 13.2. The number of halogens is 2. The maximum Gasteiger partial charge on any atom is 0.240 e. The fourth-order valence-corrected chi connectivity index (χ4v) is 3.53. The number of nitrogens with zero attached hydrogens (tertiary/aromatic N) is 2. The number of carbonyl (C=O) groups is 2. The van der Waals surface area contributed by atoms with E-state index in [0.717, 1.165) is 11.8 Å². The van der Waals surface area contributed by atoms with Gasteiger partial charge in [-0.15, -0.1) is 5.10 Å². The molecular formula is C18H14Cl2N4O2S. The molecule has 27 heavy (non-hydrogen) atoms. The molecule has 9 heteroatoms. The molecule has 0 aromatic heterocycles. The lowest BCUT2D eigenvalue weighted by atomic mass is 10.2. The summed E-state index contributed by atoms with van der Waals surface area (Å²) in [6.45, 7) is 0. The SMILES string of the molecule is O=C(CC1SC(=NN=Cc2cccc(Cl)c2Cl)NC1=O)Nc1ccccc1. The van der Waals surface area contributed by atoms with Crippen molar-refractivity contribution in [1.82, 2.24) is 5.32 Å². The first-order valence-corrected chi connectivity index (χ1v) is 9.54. The van der Waals surface area contributed by atoms with Crippen LogP contribution < -0.4 is 10.6 Å². The number of hydrogen-bond acceptors (Lipinski definition) is 5. The van der Waals surface area contributed by atoms with E-state index < -0.39 is 5.25 Å². The van der Waals surface area contributed by atoms with Crippen molar-refractivity contribution in [3.05, 3.63) is 64.1 Å². The average Bonchev–Trinajstić information content (AvgIpc) is 2.99. The van der Waals surface area contributed by atoms with Crippen LogP contribution in [0, 0.1) is 0 Å². The van der Waals surface area contributed by atoms with Crippen molar-refractivity contribution >= 4 is 63.8 Å². The molecule has 0 spiro atoms. The van der Waals surface area contributed by atoms with Gasteiger partial charge in [0.1, 0.15) is 5.25 Å². The molecule has 3 rings (SSSR count). The molecule has 1 atom stereocenters. The molecule has 0 saturated carbocycles. The van der Waals surface area contributed by atoms with Gasteiger partial charge in [0.25, 0.3) is 0 Å². The molecule has 1 saturated heterocycles. The zero-order valence-corrected chi connectivity index (χ0v) is 16.2. The Labute approximate surface area is 170 Å². The second-order valence-electron chi connectivity index (χ2n) is 5.51. The number of nitrogens with one attached hydrogen (secondary N) is 2. The molecule has 2 aromatic rings. The third kappa shape index (κ3) is 5.32. The van der Waals surface area contributed by atoms with E-state index in [4.69, 9.17) is 23.2 Å². The van der Waals surface area contributed by atoms with Crippen LogP contribution in [-0.4, -0.2) is 28.4 Å². The Morgan fingerprint density at radius 3 is 2.74 bits per heavy atom. The molecule has 0 aliphatic carbocycles. The van der Waals surface area contributed by atoms with Gasteiger partial charge in [-0.25, -0.2) is 0 Å². The zero-order chi connectivity index (χ0) is 19.2. The number of amides is 2. The maximum atomic E-state index is 12.1. The molecule has 2 aromatic carbocycles. The molecular weight excluding hydrogens is 407 g/mol. The van der Waals surface area contributed by atoms with E-state index in [1.807, 2.05) is 18.2 Å². The summed E-state index contributed by atoms with van der Waals surface area (Å²) in [4.78, 5) is 24.1. The van der Waals surface area contributed by atoms with E-state index in [1.165, 1.54) is 6.21 Å². The summed E-state index contributed by atoms with van der Waals surface area (Å²) < 4.78 is 0. The van der Waals surface area contributed by atoms with Crippen molar-refractivity contribution in [2.45, 2.75) is 11.7 Å². The van der Waals surface area contributed by atoms with Crippen molar-refractivity contribution in [1.29, 1.82) is 0 Å². The first kappa shape index (κ1) is 19.4. The minimum Gasteiger partial charge on any atom is -0.326 e. The average molecular weight is 421 g/mol. The highest BCUT2D eigenvalue weighted by atomic mass is 35.5. The second kappa shape index (κ2) is 9.03. The monoisotopic (exact) mass is 420 g/mol. The Morgan fingerprint density at radius 2 is 1.96 bits per heavy atom. The van der Waals surface area contributed by atoms with E-state index in [2.05, 4.69) is 20.8 Å². The summed E-state index contributed by atoms with van der Waals surface area (Å²) in [6.07, 6.45) is 1.48. The number of thioether (sulfide) groups is 1. The summed E-state index contributed by atoms with van der Waals surface area (Å²) in [7, 11) is 0. The van der Waals surface area contributed by atoms with Gasteiger partial charge in [0.05, 0.1) is 16.3 Å². The standard InChI is InChI=1S/C18H14Cl2N4O2S/c19-13-8-4-5-11(16(13)20)10-21-24-18-23-17(26)14(27-18)9-15(25)22-12-6-2-1-3-7-12/h1-8,10,14H,9H2,(H,22,25)(H,23,24,26). The van der Waals surface area contributed by atoms with Gasteiger partial charge in [-0.05, 0) is 18.2 Å². The van der Waals surface area contributed by atoms with E-state index in [9.17, 15) is 9.59 Å². The molecule has 2 N–H and O–H groups in total. The number of para-hydroxylation sites is 1. The van der Waals surface area contributed by atoms with Crippen molar-refractivity contribution in [2.24, 2.45) is 10.2 Å². The Balaban J connectivity index is 1.58. The van der Waals surface area contributed by atoms with Crippen molar-refractivity contribution in [2.75, 3.05) is 5.32 Å². The fraction of sp³-hybridized carbons (Fsp3) is 0.111. The minimum atomic E-state index is -0.558. The number of anilines is 1. The Kier molecular flexibility index (Phi) is 6.49. The molecule has 1 aliphatic heterocycles. The van der Waals surface area contributed by atoms with Crippen molar-refractivity contribution in [3.63, 3.8) is 0 Å². The lowest BCUT2D eigenvalue weighted by Gasteiger charge is -2.06. The van der Waals surface area contributed by atoms with Crippen LogP contribution in [0.25, 0.3) is 0 Å². The number of rotatable bonds is 5. The Morgan fingerprint density at radius 1 is 1.19 bits per heavy atom. The smallest absolute Gasteiger partial charge is 0.240 e. The van der Waals surface area contributed by atoms with E-state index >= 15 is 0 Å². The van der Waals surface area contributed by atoms with Crippen LogP contribution in [0.3, 0.4) is 0 Å². The summed E-state index contributed by atoms with van der Waals surface area (Å²) in [5.74, 6) is -0.526. The quantitative estimate of drug-likeness (QED) is 0.567. The third-order valence-electron chi connectivity index (χ3n) is 3.53. The lowest BCUT2D eigenvalue weighted by molar-refractivity contribution is -0.122. The van der Waals surface area contributed by atoms with Gasteiger partial charge in [-0.1, -0.05) is 65.3 Å². The molecule has 138 valence electrons. The summed E-state index contributed by atoms with van der Waals surface area (Å²) in [5, 5.41) is 13.8. The van der Waals surface area contributed by atoms with Crippen LogP contribution in [0.15, 0.2) is 58.7 Å². The summed E-state index contributed by atoms with van der Waals surface area (Å²) in [5.41, 5.74) is 1.30. The molecule has 1 heterocycles. The maximum absolute atomic E-state index is 12.1.